The molecule has 0 aromatic heterocycles. The maximum absolute atomic E-state index is 13.5. The van der Waals surface area contributed by atoms with E-state index in [1.54, 1.807) is 12.1 Å². The summed E-state index contributed by atoms with van der Waals surface area (Å²) < 4.78 is 40.1. The van der Waals surface area contributed by atoms with E-state index in [1.807, 2.05) is 0 Å². The number of hydrogen-bond acceptors (Lipinski definition) is 1. The fourth-order valence-corrected chi connectivity index (χ4v) is 2.94. The first-order chi connectivity index (χ1) is 9.38. The van der Waals surface area contributed by atoms with Gasteiger partial charge in [0.25, 0.3) is 0 Å². The standard InChI is InChI=1S/C13H7BrCl2F3N/c14-7-2-8(15)13(9(16)3-7)20-5-6-1-11(18)12(19)4-10(6)17/h1-4,20H,5H2. The highest BCUT2D eigenvalue weighted by Gasteiger charge is 2.12. The van der Waals surface area contributed by atoms with Crippen LogP contribution in [0.15, 0.2) is 28.7 Å². The van der Waals surface area contributed by atoms with Crippen LogP contribution < -0.4 is 5.32 Å². The van der Waals surface area contributed by atoms with Gasteiger partial charge in [0.1, 0.15) is 5.82 Å². The van der Waals surface area contributed by atoms with E-state index < -0.39 is 17.5 Å². The van der Waals surface area contributed by atoms with Gasteiger partial charge in [-0.3, -0.25) is 0 Å². The monoisotopic (exact) mass is 383 g/mol. The molecule has 20 heavy (non-hydrogen) atoms. The van der Waals surface area contributed by atoms with Gasteiger partial charge in [0.05, 0.1) is 15.7 Å². The number of benzene rings is 2. The summed E-state index contributed by atoms with van der Waals surface area (Å²) in [7, 11) is 0. The predicted octanol–water partition coefficient (Wildman–Crippen LogP) is 5.79. The molecule has 0 aliphatic carbocycles. The lowest BCUT2D eigenvalue weighted by atomic mass is 10.2. The highest BCUT2D eigenvalue weighted by atomic mass is 79.9. The summed E-state index contributed by atoms with van der Waals surface area (Å²) in [5.41, 5.74) is 0.361. The van der Waals surface area contributed by atoms with E-state index in [1.165, 1.54) is 0 Å². The lowest BCUT2D eigenvalue weighted by Gasteiger charge is -2.12. The third-order valence-corrected chi connectivity index (χ3v) is 3.61. The molecule has 0 atom stereocenters. The Morgan fingerprint density at radius 2 is 1.45 bits per heavy atom. The van der Waals surface area contributed by atoms with Crippen LogP contribution in [-0.4, -0.2) is 0 Å². The molecule has 0 aliphatic rings. The van der Waals surface area contributed by atoms with Gasteiger partial charge in [0, 0.05) is 22.6 Å². The predicted molar refractivity (Wildman–Crippen MR) is 77.8 cm³/mol. The highest BCUT2D eigenvalue weighted by Crippen LogP contribution is 2.34. The summed E-state index contributed by atoms with van der Waals surface area (Å²) in [5, 5.41) is 3.45. The largest absolute Gasteiger partial charge is 0.378 e. The van der Waals surface area contributed by atoms with Crippen molar-refractivity contribution in [2.75, 3.05) is 5.32 Å². The first-order valence-corrected chi connectivity index (χ1v) is 6.95. The molecule has 2 aromatic carbocycles. The molecule has 1 N–H and O–H groups in total. The van der Waals surface area contributed by atoms with E-state index in [0.29, 0.717) is 26.3 Å². The van der Waals surface area contributed by atoms with E-state index in [0.717, 1.165) is 6.07 Å². The van der Waals surface area contributed by atoms with Crippen molar-refractivity contribution in [3.8, 4) is 0 Å². The van der Waals surface area contributed by atoms with E-state index in [9.17, 15) is 13.2 Å². The first-order valence-electron chi connectivity index (χ1n) is 5.40. The zero-order valence-electron chi connectivity index (χ0n) is 9.78. The van der Waals surface area contributed by atoms with Crippen molar-refractivity contribution in [2.45, 2.75) is 6.54 Å². The van der Waals surface area contributed by atoms with Crippen LogP contribution in [0.5, 0.6) is 0 Å². The van der Waals surface area contributed by atoms with Crippen LogP contribution in [-0.2, 0) is 6.54 Å². The van der Waals surface area contributed by atoms with E-state index in [4.69, 9.17) is 23.2 Å². The van der Waals surface area contributed by atoms with Crippen molar-refractivity contribution >= 4 is 44.8 Å². The minimum absolute atomic E-state index is 0.0287. The van der Waals surface area contributed by atoms with Crippen molar-refractivity contribution < 1.29 is 13.2 Å². The molecule has 2 aromatic rings. The summed E-state index contributed by atoms with van der Waals surface area (Å²) in [4.78, 5) is 0. The molecule has 0 fully saturated rings. The summed E-state index contributed by atoms with van der Waals surface area (Å²) in [6, 6.07) is 4.50. The number of rotatable bonds is 3. The number of hydrogen-bond donors (Lipinski definition) is 1. The van der Waals surface area contributed by atoms with Crippen LogP contribution >= 0.6 is 39.1 Å². The number of nitrogens with one attached hydrogen (secondary N) is 1. The van der Waals surface area contributed by atoms with Gasteiger partial charge in [0.2, 0.25) is 0 Å². The molecular formula is C13H7BrCl2F3N. The molecule has 2 rings (SSSR count). The lowest BCUT2D eigenvalue weighted by molar-refractivity contribution is 0.490. The fourth-order valence-electron chi connectivity index (χ4n) is 1.59. The number of anilines is 1. The van der Waals surface area contributed by atoms with Crippen molar-refractivity contribution in [2.24, 2.45) is 0 Å². The SMILES string of the molecule is Fc1cc(F)c(CNc2c(Cl)cc(Br)cc2Cl)cc1F. The summed E-state index contributed by atoms with van der Waals surface area (Å²) in [6.45, 7) is -0.0793. The van der Waals surface area contributed by atoms with Gasteiger partial charge in [-0.1, -0.05) is 39.1 Å². The Labute approximate surface area is 131 Å². The van der Waals surface area contributed by atoms with E-state index in [2.05, 4.69) is 21.2 Å². The fraction of sp³-hybridized carbons (Fsp3) is 0.0769. The van der Waals surface area contributed by atoms with Crippen LogP contribution in [0.2, 0.25) is 10.0 Å². The molecule has 0 saturated carbocycles. The Bertz CT molecular complexity index is 641. The molecule has 7 heteroatoms. The minimum atomic E-state index is -1.23. The van der Waals surface area contributed by atoms with Gasteiger partial charge in [-0.25, -0.2) is 13.2 Å². The van der Waals surface area contributed by atoms with Crippen LogP contribution in [0.3, 0.4) is 0 Å². The normalized spacial score (nSPS) is 10.7. The molecular weight excluding hydrogens is 378 g/mol. The summed E-state index contributed by atoms with van der Waals surface area (Å²) in [5.74, 6) is -3.19. The Kier molecular flexibility index (Phi) is 4.83. The molecule has 1 nitrogen and oxygen atoms in total. The zero-order valence-corrected chi connectivity index (χ0v) is 12.9. The van der Waals surface area contributed by atoms with Gasteiger partial charge in [-0.15, -0.1) is 0 Å². The van der Waals surface area contributed by atoms with Crippen molar-refractivity contribution in [3.05, 3.63) is 61.8 Å². The molecule has 0 spiro atoms. The molecule has 0 radical (unpaired) electrons. The Morgan fingerprint density at radius 1 is 0.900 bits per heavy atom. The van der Waals surface area contributed by atoms with Gasteiger partial charge in [0.15, 0.2) is 11.6 Å². The quantitative estimate of drug-likeness (QED) is 0.661. The highest BCUT2D eigenvalue weighted by molar-refractivity contribution is 9.10. The maximum atomic E-state index is 13.5. The zero-order chi connectivity index (χ0) is 14.9. The van der Waals surface area contributed by atoms with Crippen molar-refractivity contribution in [3.63, 3.8) is 0 Å². The average molecular weight is 385 g/mol. The summed E-state index contributed by atoms with van der Waals surface area (Å²) in [6.07, 6.45) is 0. The topological polar surface area (TPSA) is 12.0 Å². The summed E-state index contributed by atoms with van der Waals surface area (Å²) >= 11 is 15.2. The van der Waals surface area contributed by atoms with Crippen LogP contribution in [0, 0.1) is 17.5 Å². The number of halogens is 6. The molecule has 0 bridgehead atoms. The van der Waals surface area contributed by atoms with Crippen LogP contribution in [0.25, 0.3) is 0 Å². The molecule has 0 unspecified atom stereocenters. The second-order valence-electron chi connectivity index (χ2n) is 3.96. The van der Waals surface area contributed by atoms with Gasteiger partial charge >= 0.3 is 0 Å². The van der Waals surface area contributed by atoms with Crippen molar-refractivity contribution in [1.29, 1.82) is 0 Å². The molecule has 0 saturated heterocycles. The molecule has 106 valence electrons. The van der Waals surface area contributed by atoms with E-state index >= 15 is 0 Å². The first kappa shape index (κ1) is 15.5. The second kappa shape index (κ2) is 6.24. The minimum Gasteiger partial charge on any atom is -0.378 e. The smallest absolute Gasteiger partial charge is 0.161 e. The van der Waals surface area contributed by atoms with Gasteiger partial charge in [-0.05, 0) is 18.2 Å². The van der Waals surface area contributed by atoms with Crippen LogP contribution in [0.1, 0.15) is 5.56 Å². The lowest BCUT2D eigenvalue weighted by Crippen LogP contribution is -2.04. The maximum Gasteiger partial charge on any atom is 0.161 e. The Hall–Kier alpha value is -0.910. The molecule has 0 heterocycles. The second-order valence-corrected chi connectivity index (χ2v) is 5.69. The van der Waals surface area contributed by atoms with Crippen molar-refractivity contribution in [1.82, 2.24) is 0 Å². The molecule has 0 aliphatic heterocycles. The Balaban J connectivity index is 2.23. The van der Waals surface area contributed by atoms with Gasteiger partial charge in [-0.2, -0.15) is 0 Å². The average Bonchev–Trinajstić information content (AvgIpc) is 2.33. The van der Waals surface area contributed by atoms with Gasteiger partial charge < -0.3 is 5.32 Å². The Morgan fingerprint density at radius 3 is 2.05 bits per heavy atom. The van der Waals surface area contributed by atoms with E-state index in [-0.39, 0.29) is 12.1 Å². The molecule has 0 amide bonds. The third-order valence-electron chi connectivity index (χ3n) is 2.55. The van der Waals surface area contributed by atoms with Crippen LogP contribution in [0.4, 0.5) is 18.9 Å². The third kappa shape index (κ3) is 3.40.